The Balaban J connectivity index is 1.52. The van der Waals surface area contributed by atoms with Gasteiger partial charge in [-0.25, -0.2) is 0 Å². The predicted molar refractivity (Wildman–Crippen MR) is 101 cm³/mol. The highest BCUT2D eigenvalue weighted by Crippen LogP contribution is 2.27. The number of nitrogens with zero attached hydrogens (tertiary/aromatic N) is 2. The van der Waals surface area contributed by atoms with Crippen LogP contribution in [0.3, 0.4) is 0 Å². The third-order valence-corrected chi connectivity index (χ3v) is 4.74. The molecule has 1 aliphatic heterocycles. The summed E-state index contributed by atoms with van der Waals surface area (Å²) in [6, 6.07) is 15.4. The molecule has 2 N–H and O–H groups in total. The molecule has 7 heteroatoms. The molecule has 0 bridgehead atoms. The van der Waals surface area contributed by atoms with Gasteiger partial charge in [0.2, 0.25) is 5.91 Å². The monoisotopic (exact) mass is 366 g/mol. The van der Waals surface area contributed by atoms with Crippen LogP contribution in [0.25, 0.3) is 5.69 Å². The van der Waals surface area contributed by atoms with Crippen LogP contribution < -0.4 is 10.1 Å². The Kier molecular flexibility index (Phi) is 4.30. The SMILES string of the molecule is Cc1n[nH]c(=S)n1-c1cccc(NC(=O)C2COc3ccccc3C2)c1. The summed E-state index contributed by atoms with van der Waals surface area (Å²) in [5.74, 6) is 1.36. The van der Waals surface area contributed by atoms with Crippen molar-refractivity contribution in [2.75, 3.05) is 11.9 Å². The Morgan fingerprint density at radius 1 is 1.31 bits per heavy atom. The predicted octanol–water partition coefficient (Wildman–Crippen LogP) is 3.43. The second-order valence-electron chi connectivity index (χ2n) is 6.27. The van der Waals surface area contributed by atoms with Crippen molar-refractivity contribution in [1.82, 2.24) is 14.8 Å². The van der Waals surface area contributed by atoms with Gasteiger partial charge in [0, 0.05) is 5.69 Å². The smallest absolute Gasteiger partial charge is 0.231 e. The Morgan fingerprint density at radius 3 is 2.96 bits per heavy atom. The molecule has 0 saturated heterocycles. The van der Waals surface area contributed by atoms with Gasteiger partial charge in [-0.3, -0.25) is 14.5 Å². The second kappa shape index (κ2) is 6.76. The summed E-state index contributed by atoms with van der Waals surface area (Å²) in [5, 5.41) is 9.88. The molecule has 0 spiro atoms. The lowest BCUT2D eigenvalue weighted by atomic mass is 9.96. The maximum absolute atomic E-state index is 12.7. The maximum Gasteiger partial charge on any atom is 0.231 e. The van der Waals surface area contributed by atoms with Gasteiger partial charge in [0.05, 0.1) is 11.6 Å². The van der Waals surface area contributed by atoms with Gasteiger partial charge in [-0.05, 0) is 55.4 Å². The molecule has 1 amide bonds. The van der Waals surface area contributed by atoms with Crippen molar-refractivity contribution in [1.29, 1.82) is 0 Å². The number of fused-ring (bicyclic) bond motifs is 1. The van der Waals surface area contributed by atoms with Gasteiger partial charge in [-0.15, -0.1) is 0 Å². The van der Waals surface area contributed by atoms with Gasteiger partial charge < -0.3 is 10.1 Å². The van der Waals surface area contributed by atoms with E-state index >= 15 is 0 Å². The van der Waals surface area contributed by atoms with E-state index in [4.69, 9.17) is 17.0 Å². The van der Waals surface area contributed by atoms with Crippen LogP contribution in [-0.2, 0) is 11.2 Å². The van der Waals surface area contributed by atoms with Crippen LogP contribution >= 0.6 is 12.2 Å². The van der Waals surface area contributed by atoms with Gasteiger partial charge in [0.1, 0.15) is 18.2 Å². The van der Waals surface area contributed by atoms with Crippen LogP contribution in [0.2, 0.25) is 0 Å². The van der Waals surface area contributed by atoms with Crippen molar-refractivity contribution in [2.24, 2.45) is 5.92 Å². The average molecular weight is 366 g/mol. The van der Waals surface area contributed by atoms with Crippen LogP contribution in [0, 0.1) is 17.6 Å². The topological polar surface area (TPSA) is 71.9 Å². The zero-order valence-electron chi connectivity index (χ0n) is 14.2. The van der Waals surface area contributed by atoms with Crippen LogP contribution in [0.5, 0.6) is 5.75 Å². The third kappa shape index (κ3) is 3.13. The number of hydrogen-bond donors (Lipinski definition) is 2. The number of aromatic nitrogens is 3. The van der Waals surface area contributed by atoms with E-state index in [1.807, 2.05) is 60.0 Å². The summed E-state index contributed by atoms with van der Waals surface area (Å²) in [6.45, 7) is 2.25. The van der Waals surface area contributed by atoms with E-state index in [2.05, 4.69) is 15.5 Å². The first kappa shape index (κ1) is 16.5. The van der Waals surface area contributed by atoms with Crippen LogP contribution in [0.1, 0.15) is 11.4 Å². The summed E-state index contributed by atoms with van der Waals surface area (Å²) in [4.78, 5) is 12.7. The molecule has 3 aromatic rings. The molecule has 1 atom stereocenters. The standard InChI is InChI=1S/C19H18N4O2S/c1-12-21-22-19(26)23(12)16-7-4-6-15(10-16)20-18(24)14-9-13-5-2-3-8-17(13)25-11-14/h2-8,10,14H,9,11H2,1H3,(H,20,24)(H,22,26). The van der Waals surface area contributed by atoms with Crippen molar-refractivity contribution in [3.05, 3.63) is 64.7 Å². The number of carbonyl (C=O) groups excluding carboxylic acids is 1. The fraction of sp³-hybridized carbons (Fsp3) is 0.211. The first-order chi connectivity index (χ1) is 12.6. The van der Waals surface area contributed by atoms with Crippen molar-refractivity contribution in [3.8, 4) is 11.4 Å². The highest BCUT2D eigenvalue weighted by molar-refractivity contribution is 7.71. The number of aryl methyl sites for hydroxylation is 1. The first-order valence-electron chi connectivity index (χ1n) is 8.38. The molecular weight excluding hydrogens is 348 g/mol. The molecular formula is C19H18N4O2S. The van der Waals surface area contributed by atoms with Crippen molar-refractivity contribution in [3.63, 3.8) is 0 Å². The van der Waals surface area contributed by atoms with Crippen LogP contribution in [0.4, 0.5) is 5.69 Å². The van der Waals surface area contributed by atoms with E-state index in [1.54, 1.807) is 0 Å². The number of nitrogens with one attached hydrogen (secondary N) is 2. The fourth-order valence-corrected chi connectivity index (χ4v) is 3.43. The number of para-hydroxylation sites is 1. The van der Waals surface area contributed by atoms with Crippen molar-refractivity contribution in [2.45, 2.75) is 13.3 Å². The fourth-order valence-electron chi connectivity index (χ4n) is 3.14. The minimum absolute atomic E-state index is 0.0517. The van der Waals surface area contributed by atoms with Crippen molar-refractivity contribution >= 4 is 23.8 Å². The number of anilines is 1. The normalized spacial score (nSPS) is 15.8. The minimum Gasteiger partial charge on any atom is -0.492 e. The van der Waals surface area contributed by atoms with Gasteiger partial charge >= 0.3 is 0 Å². The average Bonchev–Trinajstić information content (AvgIpc) is 3.00. The molecule has 1 aromatic heterocycles. The number of amides is 1. The van der Waals surface area contributed by atoms with E-state index < -0.39 is 0 Å². The number of benzene rings is 2. The highest BCUT2D eigenvalue weighted by atomic mass is 32.1. The van der Waals surface area contributed by atoms with Crippen LogP contribution in [0.15, 0.2) is 48.5 Å². The van der Waals surface area contributed by atoms with Gasteiger partial charge in [-0.2, -0.15) is 5.10 Å². The lowest BCUT2D eigenvalue weighted by molar-refractivity contribution is -0.121. The number of H-pyrrole nitrogens is 1. The molecule has 0 aliphatic carbocycles. The summed E-state index contributed by atoms with van der Waals surface area (Å²) in [7, 11) is 0. The largest absolute Gasteiger partial charge is 0.492 e. The van der Waals surface area contributed by atoms with E-state index in [0.29, 0.717) is 23.5 Å². The van der Waals surface area contributed by atoms with Crippen molar-refractivity contribution < 1.29 is 9.53 Å². The Hall–Kier alpha value is -2.93. The van der Waals surface area contributed by atoms with Gasteiger partial charge in [0.15, 0.2) is 4.77 Å². The Morgan fingerprint density at radius 2 is 2.15 bits per heavy atom. The van der Waals surface area contributed by atoms with Gasteiger partial charge in [-0.1, -0.05) is 24.3 Å². The molecule has 26 heavy (non-hydrogen) atoms. The summed E-state index contributed by atoms with van der Waals surface area (Å²) in [6.07, 6.45) is 0.674. The molecule has 4 rings (SSSR count). The maximum atomic E-state index is 12.7. The third-order valence-electron chi connectivity index (χ3n) is 4.46. The zero-order chi connectivity index (χ0) is 18.1. The molecule has 0 fully saturated rings. The van der Waals surface area contributed by atoms with Gasteiger partial charge in [0.25, 0.3) is 0 Å². The zero-order valence-corrected chi connectivity index (χ0v) is 15.0. The highest BCUT2D eigenvalue weighted by Gasteiger charge is 2.25. The number of ether oxygens (including phenoxy) is 1. The summed E-state index contributed by atoms with van der Waals surface area (Å²) < 4.78 is 8.06. The van der Waals surface area contributed by atoms with E-state index in [9.17, 15) is 4.79 Å². The Bertz CT molecular complexity index is 1020. The molecule has 6 nitrogen and oxygen atoms in total. The number of hydrogen-bond acceptors (Lipinski definition) is 4. The quantitative estimate of drug-likeness (QED) is 0.697. The van der Waals surface area contributed by atoms with Crippen LogP contribution in [-0.4, -0.2) is 27.3 Å². The summed E-state index contributed by atoms with van der Waals surface area (Å²) in [5.41, 5.74) is 2.63. The minimum atomic E-state index is -0.216. The van der Waals surface area contributed by atoms with E-state index in [-0.39, 0.29) is 11.8 Å². The molecule has 0 saturated carbocycles. The first-order valence-corrected chi connectivity index (χ1v) is 8.78. The number of rotatable bonds is 3. The number of aromatic amines is 1. The number of carbonyl (C=O) groups is 1. The lowest BCUT2D eigenvalue weighted by Gasteiger charge is -2.24. The Labute approximate surface area is 155 Å². The molecule has 1 unspecified atom stereocenters. The molecule has 0 radical (unpaired) electrons. The lowest BCUT2D eigenvalue weighted by Crippen LogP contribution is -2.32. The second-order valence-corrected chi connectivity index (χ2v) is 6.66. The van der Waals surface area contributed by atoms with E-state index in [1.165, 1.54) is 0 Å². The summed E-state index contributed by atoms with van der Waals surface area (Å²) >= 11 is 5.27. The molecule has 132 valence electrons. The molecule has 2 heterocycles. The van der Waals surface area contributed by atoms with E-state index in [0.717, 1.165) is 22.8 Å². The molecule has 2 aromatic carbocycles. The molecule has 1 aliphatic rings.